The molecular formula is C31H56N2O6. The first-order chi connectivity index (χ1) is 18.6. The normalized spacial score (nSPS) is 23.2. The van der Waals surface area contributed by atoms with Gasteiger partial charge in [-0.2, -0.15) is 0 Å². The molecule has 3 aliphatic carbocycles. The molecule has 0 unspecified atom stereocenters. The average Bonchev–Trinajstić information content (AvgIpc) is 3.72. The molecule has 5 N–H and O–H groups in total. The topological polar surface area (TPSA) is 130 Å². The van der Waals surface area contributed by atoms with E-state index in [1.165, 1.54) is 6.42 Å². The third-order valence-corrected chi connectivity index (χ3v) is 9.26. The van der Waals surface area contributed by atoms with Gasteiger partial charge in [-0.05, 0) is 49.9 Å². The highest BCUT2D eigenvalue weighted by Gasteiger charge is 2.38. The van der Waals surface area contributed by atoms with Gasteiger partial charge in [-0.1, -0.05) is 78.1 Å². The van der Waals surface area contributed by atoms with Crippen molar-refractivity contribution >= 4 is 11.8 Å². The van der Waals surface area contributed by atoms with Crippen LogP contribution >= 0.6 is 0 Å². The molecule has 4 atom stereocenters. The number of nitrogens with zero attached hydrogens (tertiary/aromatic N) is 1. The van der Waals surface area contributed by atoms with E-state index >= 15 is 0 Å². The first-order valence-corrected chi connectivity index (χ1v) is 15.9. The van der Waals surface area contributed by atoms with Crippen LogP contribution in [-0.2, 0) is 9.59 Å². The molecule has 0 spiro atoms. The highest BCUT2D eigenvalue weighted by molar-refractivity contribution is 5.86. The predicted octanol–water partition coefficient (Wildman–Crippen LogP) is 3.53. The Balaban J connectivity index is 1.69. The Morgan fingerprint density at radius 3 is 2.13 bits per heavy atom. The zero-order valence-corrected chi connectivity index (χ0v) is 24.5. The summed E-state index contributed by atoms with van der Waals surface area (Å²) in [4.78, 5) is 28.7. The molecule has 226 valence electrons. The van der Waals surface area contributed by atoms with Gasteiger partial charge in [-0.15, -0.1) is 0 Å². The maximum atomic E-state index is 13.7. The highest BCUT2D eigenvalue weighted by atomic mass is 16.3. The van der Waals surface area contributed by atoms with E-state index in [0.29, 0.717) is 43.9 Å². The van der Waals surface area contributed by atoms with Crippen molar-refractivity contribution in [3.63, 3.8) is 0 Å². The minimum atomic E-state index is -1.05. The minimum absolute atomic E-state index is 0.0270. The molecule has 3 rings (SSSR count). The van der Waals surface area contributed by atoms with Crippen LogP contribution in [0.5, 0.6) is 0 Å². The van der Waals surface area contributed by atoms with Crippen LogP contribution in [0.15, 0.2) is 0 Å². The van der Waals surface area contributed by atoms with Crippen LogP contribution in [0.4, 0.5) is 0 Å². The lowest BCUT2D eigenvalue weighted by Crippen LogP contribution is -2.52. The fraction of sp³-hybridized carbons (Fsp3) is 0.935. The Labute approximate surface area is 235 Å². The maximum absolute atomic E-state index is 13.7. The average molecular weight is 553 g/mol. The molecule has 2 amide bonds. The number of nitrogens with one attached hydrogen (secondary N) is 1. The van der Waals surface area contributed by atoms with Crippen molar-refractivity contribution in [2.24, 2.45) is 23.7 Å². The molecule has 0 aliphatic heterocycles. The minimum Gasteiger partial charge on any atom is -0.395 e. The van der Waals surface area contributed by atoms with Crippen molar-refractivity contribution in [1.82, 2.24) is 10.2 Å². The van der Waals surface area contributed by atoms with Crippen LogP contribution < -0.4 is 5.32 Å². The van der Waals surface area contributed by atoms with Crippen LogP contribution in [0.2, 0.25) is 0 Å². The van der Waals surface area contributed by atoms with Crippen LogP contribution in [0, 0.1) is 23.7 Å². The molecule has 0 aromatic heterocycles. The van der Waals surface area contributed by atoms with Gasteiger partial charge in [0, 0.05) is 25.4 Å². The number of carbonyl (C=O) groups is 2. The molecule has 3 aliphatic rings. The quantitative estimate of drug-likeness (QED) is 0.199. The lowest BCUT2D eigenvalue weighted by molar-refractivity contribution is -0.141. The Hall–Kier alpha value is -1.22. The number of aliphatic hydroxyl groups excluding tert-OH is 3. The molecule has 8 nitrogen and oxygen atoms in total. The summed E-state index contributed by atoms with van der Waals surface area (Å²) in [6.45, 7) is 4.15. The molecule has 0 radical (unpaired) electrons. The number of amides is 2. The van der Waals surface area contributed by atoms with Gasteiger partial charge in [0.1, 0.15) is 6.10 Å². The van der Waals surface area contributed by atoms with Crippen LogP contribution in [0.25, 0.3) is 0 Å². The molecular weight excluding hydrogens is 496 g/mol. The third-order valence-electron chi connectivity index (χ3n) is 9.26. The fourth-order valence-corrected chi connectivity index (χ4v) is 6.77. The van der Waals surface area contributed by atoms with E-state index in [1.54, 1.807) is 4.90 Å². The SMILES string of the molecule is CC(C)C[C@H](O)[C@H](O)[C@H](CC1CCCCC1)NC(=O)[C@@H](CC(=O)N(CCO)CC1(O)CCCCC1)CC1CC1. The number of carbonyl (C=O) groups excluding carboxylic acids is 2. The molecule has 0 bridgehead atoms. The van der Waals surface area contributed by atoms with Crippen LogP contribution in [-0.4, -0.2) is 80.7 Å². The van der Waals surface area contributed by atoms with Crippen molar-refractivity contribution in [1.29, 1.82) is 0 Å². The third kappa shape index (κ3) is 10.9. The van der Waals surface area contributed by atoms with Crippen molar-refractivity contribution in [2.45, 2.75) is 140 Å². The van der Waals surface area contributed by atoms with Gasteiger partial charge in [0.25, 0.3) is 0 Å². The second-order valence-corrected chi connectivity index (χ2v) is 13.4. The van der Waals surface area contributed by atoms with Crippen LogP contribution in [0.1, 0.15) is 117 Å². The van der Waals surface area contributed by atoms with E-state index in [-0.39, 0.29) is 43.8 Å². The van der Waals surface area contributed by atoms with Crippen molar-refractivity contribution in [2.75, 3.05) is 19.7 Å². The first-order valence-electron chi connectivity index (χ1n) is 15.9. The summed E-state index contributed by atoms with van der Waals surface area (Å²) in [6, 6.07) is -0.553. The first kappa shape index (κ1) is 32.3. The summed E-state index contributed by atoms with van der Waals surface area (Å²) in [5, 5.41) is 45.7. The Morgan fingerprint density at radius 1 is 0.923 bits per heavy atom. The van der Waals surface area contributed by atoms with Gasteiger partial charge in [-0.25, -0.2) is 0 Å². The second-order valence-electron chi connectivity index (χ2n) is 13.4. The van der Waals surface area contributed by atoms with E-state index in [4.69, 9.17) is 0 Å². The molecule has 3 fully saturated rings. The standard InChI is InChI=1S/C31H56N2O6/c1-22(2)17-27(35)29(37)26(19-23-9-5-3-6-10-23)32-30(38)25(18-24-11-12-24)20-28(36)33(15-16-34)21-31(39)13-7-4-8-14-31/h22-27,29,34-35,37,39H,3-21H2,1-2H3,(H,32,38)/t25-,26+,27+,29-/m1/s1. The van der Waals surface area contributed by atoms with Crippen molar-refractivity contribution in [3.8, 4) is 0 Å². The van der Waals surface area contributed by atoms with E-state index in [1.807, 2.05) is 13.8 Å². The molecule has 0 heterocycles. The van der Waals surface area contributed by atoms with Crippen LogP contribution in [0.3, 0.4) is 0 Å². The van der Waals surface area contributed by atoms with Gasteiger partial charge in [0.2, 0.25) is 11.8 Å². The second kappa shape index (κ2) is 15.7. The van der Waals surface area contributed by atoms with Gasteiger partial charge in [0.05, 0.1) is 24.4 Å². The highest BCUT2D eigenvalue weighted by Crippen LogP contribution is 2.37. The predicted molar refractivity (Wildman–Crippen MR) is 152 cm³/mol. The maximum Gasteiger partial charge on any atom is 0.223 e. The number of hydrogen-bond acceptors (Lipinski definition) is 6. The Bertz CT molecular complexity index is 745. The van der Waals surface area contributed by atoms with Gasteiger partial charge in [0.15, 0.2) is 0 Å². The zero-order chi connectivity index (χ0) is 28.4. The molecule has 0 aromatic carbocycles. The fourth-order valence-electron chi connectivity index (χ4n) is 6.77. The summed E-state index contributed by atoms with van der Waals surface area (Å²) in [6.07, 6.45) is 11.8. The lowest BCUT2D eigenvalue weighted by atomic mass is 9.82. The van der Waals surface area contributed by atoms with Gasteiger partial charge < -0.3 is 30.6 Å². The zero-order valence-electron chi connectivity index (χ0n) is 24.5. The molecule has 0 aromatic rings. The van der Waals surface area contributed by atoms with Crippen molar-refractivity contribution < 1.29 is 30.0 Å². The van der Waals surface area contributed by atoms with Gasteiger partial charge in [-0.3, -0.25) is 9.59 Å². The summed E-state index contributed by atoms with van der Waals surface area (Å²) in [5.41, 5.74) is -0.931. The van der Waals surface area contributed by atoms with E-state index < -0.39 is 29.8 Å². The molecule has 3 saturated carbocycles. The number of rotatable bonds is 16. The number of hydrogen-bond donors (Lipinski definition) is 5. The summed E-state index contributed by atoms with van der Waals surface area (Å²) in [7, 11) is 0. The summed E-state index contributed by atoms with van der Waals surface area (Å²) >= 11 is 0. The number of aliphatic hydroxyl groups is 4. The smallest absolute Gasteiger partial charge is 0.223 e. The summed E-state index contributed by atoms with van der Waals surface area (Å²) < 4.78 is 0. The largest absolute Gasteiger partial charge is 0.395 e. The molecule has 39 heavy (non-hydrogen) atoms. The Morgan fingerprint density at radius 2 is 1.54 bits per heavy atom. The monoisotopic (exact) mass is 552 g/mol. The van der Waals surface area contributed by atoms with Crippen molar-refractivity contribution in [3.05, 3.63) is 0 Å². The molecule has 8 heteroatoms. The Kier molecular flexibility index (Phi) is 13.0. The van der Waals surface area contributed by atoms with E-state index in [2.05, 4.69) is 5.32 Å². The molecule has 0 saturated heterocycles. The lowest BCUT2D eigenvalue weighted by Gasteiger charge is -2.37. The van der Waals surface area contributed by atoms with Gasteiger partial charge >= 0.3 is 0 Å². The summed E-state index contributed by atoms with van der Waals surface area (Å²) in [5.74, 6) is 0.0773. The van der Waals surface area contributed by atoms with E-state index in [0.717, 1.165) is 57.8 Å². The van der Waals surface area contributed by atoms with E-state index in [9.17, 15) is 30.0 Å².